The Morgan fingerprint density at radius 1 is 1.26 bits per heavy atom. The van der Waals surface area contributed by atoms with Crippen LogP contribution in [0.15, 0.2) is 42.7 Å². The quantitative estimate of drug-likeness (QED) is 0.672. The van der Waals surface area contributed by atoms with Gasteiger partial charge in [-0.25, -0.2) is 4.79 Å². The molecule has 0 fully saturated rings. The van der Waals surface area contributed by atoms with Crippen LogP contribution in [0.5, 0.6) is 5.88 Å². The van der Waals surface area contributed by atoms with Crippen LogP contribution < -0.4 is 9.64 Å². The molecule has 0 atom stereocenters. The number of alkyl halides is 3. The molecular weight excluding hydrogens is 389 g/mol. The van der Waals surface area contributed by atoms with Crippen molar-refractivity contribution in [2.75, 3.05) is 11.9 Å². The van der Waals surface area contributed by atoms with E-state index in [1.807, 2.05) is 0 Å². The number of pyridine rings is 1. The van der Waals surface area contributed by atoms with E-state index in [9.17, 15) is 18.0 Å². The van der Waals surface area contributed by atoms with Crippen molar-refractivity contribution < 1.29 is 22.7 Å². The Labute approximate surface area is 155 Å². The van der Waals surface area contributed by atoms with Crippen molar-refractivity contribution in [2.24, 2.45) is 0 Å². The molecule has 0 radical (unpaired) electrons. The van der Waals surface area contributed by atoms with Crippen molar-refractivity contribution in [1.29, 1.82) is 0 Å². The van der Waals surface area contributed by atoms with Gasteiger partial charge in [0.15, 0.2) is 5.82 Å². The van der Waals surface area contributed by atoms with E-state index >= 15 is 0 Å². The number of amides is 1. The molecule has 1 aromatic carbocycles. The number of rotatable bonds is 3. The first-order valence-corrected chi connectivity index (χ1v) is 7.66. The molecule has 0 spiro atoms. The van der Waals surface area contributed by atoms with E-state index in [1.165, 1.54) is 30.2 Å². The molecule has 0 unspecified atom stereocenters. The van der Waals surface area contributed by atoms with Crippen LogP contribution in [-0.2, 0) is 6.18 Å². The second-order valence-corrected chi connectivity index (χ2v) is 5.58. The number of hydrogen-bond acceptors (Lipinski definition) is 6. The van der Waals surface area contributed by atoms with E-state index in [1.54, 1.807) is 12.1 Å². The fourth-order valence-electron chi connectivity index (χ4n) is 2.06. The number of ether oxygens (including phenoxy) is 1. The number of nitrogens with zero attached hydrogens (tertiary/aromatic N) is 6. The van der Waals surface area contributed by atoms with Crippen LogP contribution in [0.3, 0.4) is 0 Å². The predicted molar refractivity (Wildman–Crippen MR) is 87.8 cm³/mol. The summed E-state index contributed by atoms with van der Waals surface area (Å²) in [6.45, 7) is 0. The van der Waals surface area contributed by atoms with Crippen LogP contribution in [0.25, 0.3) is 5.82 Å². The molecular formula is C15H10ClF3N6O2. The highest BCUT2D eigenvalue weighted by Crippen LogP contribution is 2.36. The first-order valence-electron chi connectivity index (χ1n) is 7.28. The minimum Gasteiger partial charge on any atom is -0.391 e. The lowest BCUT2D eigenvalue weighted by Gasteiger charge is -2.18. The summed E-state index contributed by atoms with van der Waals surface area (Å²) in [5, 5.41) is 10.1. The van der Waals surface area contributed by atoms with Crippen molar-refractivity contribution in [3.63, 3.8) is 0 Å². The Morgan fingerprint density at radius 2 is 2.04 bits per heavy atom. The highest BCUT2D eigenvalue weighted by Gasteiger charge is 2.34. The zero-order valence-electron chi connectivity index (χ0n) is 13.6. The van der Waals surface area contributed by atoms with Gasteiger partial charge < -0.3 is 4.74 Å². The average molecular weight is 399 g/mol. The second-order valence-electron chi connectivity index (χ2n) is 5.18. The minimum atomic E-state index is -4.65. The third kappa shape index (κ3) is 4.14. The molecule has 1 amide bonds. The van der Waals surface area contributed by atoms with Gasteiger partial charge in [-0.15, -0.1) is 5.10 Å². The van der Waals surface area contributed by atoms with E-state index in [-0.39, 0.29) is 11.6 Å². The predicted octanol–water partition coefficient (Wildman–Crippen LogP) is 3.36. The molecule has 0 aliphatic rings. The summed E-state index contributed by atoms with van der Waals surface area (Å²) in [6.07, 6.45) is -4.29. The Morgan fingerprint density at radius 3 is 2.70 bits per heavy atom. The molecule has 3 aromatic rings. The van der Waals surface area contributed by atoms with E-state index in [4.69, 9.17) is 16.3 Å². The van der Waals surface area contributed by atoms with Crippen LogP contribution >= 0.6 is 11.6 Å². The molecule has 2 heterocycles. The summed E-state index contributed by atoms with van der Waals surface area (Å²) in [5.41, 5.74) is -1.10. The number of anilines is 1. The first-order chi connectivity index (χ1) is 12.8. The van der Waals surface area contributed by atoms with E-state index in [0.717, 1.165) is 17.0 Å². The fourth-order valence-corrected chi connectivity index (χ4v) is 2.28. The van der Waals surface area contributed by atoms with Crippen molar-refractivity contribution >= 4 is 23.4 Å². The number of carbonyl (C=O) groups excluding carboxylic acids is 1. The van der Waals surface area contributed by atoms with Gasteiger partial charge in [0.1, 0.15) is 6.33 Å². The lowest BCUT2D eigenvalue weighted by molar-refractivity contribution is -0.137. The van der Waals surface area contributed by atoms with Gasteiger partial charge in [-0.3, -0.25) is 4.90 Å². The van der Waals surface area contributed by atoms with E-state index in [2.05, 4.69) is 20.5 Å². The molecule has 0 bridgehead atoms. The lowest BCUT2D eigenvalue weighted by atomic mass is 10.2. The maximum absolute atomic E-state index is 13.0. The van der Waals surface area contributed by atoms with Crippen molar-refractivity contribution in [3.05, 3.63) is 53.3 Å². The second kappa shape index (κ2) is 7.19. The molecule has 2 aromatic heterocycles. The van der Waals surface area contributed by atoms with Gasteiger partial charge in [0.2, 0.25) is 5.88 Å². The molecule has 140 valence electrons. The van der Waals surface area contributed by atoms with Crippen LogP contribution in [0, 0.1) is 0 Å². The third-order valence-electron chi connectivity index (χ3n) is 3.40. The van der Waals surface area contributed by atoms with E-state index < -0.39 is 22.9 Å². The van der Waals surface area contributed by atoms with Gasteiger partial charge in [-0.1, -0.05) is 17.7 Å². The van der Waals surface area contributed by atoms with Gasteiger partial charge in [0, 0.05) is 18.8 Å². The van der Waals surface area contributed by atoms with Gasteiger partial charge in [-0.2, -0.15) is 22.8 Å². The molecule has 0 saturated heterocycles. The van der Waals surface area contributed by atoms with Gasteiger partial charge in [-0.05, 0) is 34.7 Å². The molecule has 3 rings (SSSR count). The Kier molecular flexibility index (Phi) is 4.95. The number of aromatic nitrogens is 5. The van der Waals surface area contributed by atoms with Gasteiger partial charge >= 0.3 is 12.3 Å². The summed E-state index contributed by atoms with van der Waals surface area (Å²) < 4.78 is 45.3. The number of carbonyl (C=O) groups is 1. The highest BCUT2D eigenvalue weighted by atomic mass is 35.5. The van der Waals surface area contributed by atoms with Gasteiger partial charge in [0.05, 0.1) is 10.6 Å². The minimum absolute atomic E-state index is 0.0478. The Balaban J connectivity index is 1.80. The monoisotopic (exact) mass is 398 g/mol. The zero-order valence-corrected chi connectivity index (χ0v) is 14.3. The highest BCUT2D eigenvalue weighted by molar-refractivity contribution is 6.31. The van der Waals surface area contributed by atoms with Crippen molar-refractivity contribution in [2.45, 2.75) is 6.18 Å². The number of tetrazole rings is 1. The maximum Gasteiger partial charge on any atom is 0.420 e. The molecule has 0 saturated carbocycles. The topological polar surface area (TPSA) is 86.0 Å². The standard InChI is InChI=1S/C15H10ClF3N6O2/c1-24(9-5-6-11(16)10(7-9)15(17,18)19)14(26)27-13-4-2-3-12(21-13)25-8-20-22-23-25/h2-8H,1H3. The summed E-state index contributed by atoms with van der Waals surface area (Å²) in [6, 6.07) is 7.61. The molecule has 0 N–H and O–H groups in total. The number of halogens is 4. The summed E-state index contributed by atoms with van der Waals surface area (Å²) in [4.78, 5) is 17.2. The molecule has 12 heteroatoms. The lowest BCUT2D eigenvalue weighted by Crippen LogP contribution is -2.30. The van der Waals surface area contributed by atoms with Gasteiger partial charge in [0.25, 0.3) is 0 Å². The normalized spacial score (nSPS) is 11.3. The summed E-state index contributed by atoms with van der Waals surface area (Å²) in [7, 11) is 1.26. The molecule has 8 nitrogen and oxygen atoms in total. The van der Waals surface area contributed by atoms with Crippen molar-refractivity contribution in [1.82, 2.24) is 25.2 Å². The van der Waals surface area contributed by atoms with Crippen LogP contribution in [0.2, 0.25) is 5.02 Å². The third-order valence-corrected chi connectivity index (χ3v) is 3.73. The average Bonchev–Trinajstić information content (AvgIpc) is 3.15. The van der Waals surface area contributed by atoms with E-state index in [0.29, 0.717) is 5.82 Å². The Bertz CT molecular complexity index is 964. The molecule has 0 aliphatic carbocycles. The van der Waals surface area contributed by atoms with Crippen LogP contribution in [0.4, 0.5) is 23.7 Å². The first kappa shape index (κ1) is 18.6. The molecule has 0 aliphatic heterocycles. The smallest absolute Gasteiger partial charge is 0.391 e. The summed E-state index contributed by atoms with van der Waals surface area (Å²) in [5.74, 6) is 0.212. The SMILES string of the molecule is CN(C(=O)Oc1cccc(-n2cnnn2)n1)c1ccc(Cl)c(C(F)(F)F)c1. The number of hydrogen-bond donors (Lipinski definition) is 0. The zero-order chi connectivity index (χ0) is 19.6. The maximum atomic E-state index is 13.0. The Hall–Kier alpha value is -3.21. The fraction of sp³-hybridized carbons (Fsp3) is 0.133. The summed E-state index contributed by atoms with van der Waals surface area (Å²) >= 11 is 5.58. The number of benzene rings is 1. The van der Waals surface area contributed by atoms with Crippen LogP contribution in [0.1, 0.15) is 5.56 Å². The molecule has 27 heavy (non-hydrogen) atoms. The largest absolute Gasteiger partial charge is 0.420 e. The van der Waals surface area contributed by atoms with Crippen molar-refractivity contribution in [3.8, 4) is 11.7 Å². The van der Waals surface area contributed by atoms with Crippen LogP contribution in [-0.4, -0.2) is 38.3 Å².